The second-order valence-corrected chi connectivity index (χ2v) is 8.52. The van der Waals surface area contributed by atoms with Crippen LogP contribution >= 0.6 is 0 Å². The maximum absolute atomic E-state index is 14.3. The minimum absolute atomic E-state index is 0.0561. The molecule has 152 valence electrons. The van der Waals surface area contributed by atoms with Gasteiger partial charge in [-0.3, -0.25) is 4.79 Å². The van der Waals surface area contributed by atoms with Crippen molar-refractivity contribution in [3.8, 4) is 0 Å². The summed E-state index contributed by atoms with van der Waals surface area (Å²) >= 11 is 0. The fourth-order valence-electron chi connectivity index (χ4n) is 3.13. The molecule has 0 saturated heterocycles. The van der Waals surface area contributed by atoms with E-state index in [0.29, 0.717) is 29.2 Å². The Morgan fingerprint density at radius 3 is 1.86 bits per heavy atom. The summed E-state index contributed by atoms with van der Waals surface area (Å²) in [6.07, 6.45) is -4.95. The molecule has 0 aliphatic heterocycles. The Morgan fingerprint density at radius 2 is 1.39 bits per heavy atom. The van der Waals surface area contributed by atoms with Gasteiger partial charge in [0, 0.05) is 12.0 Å². The number of carbonyl (C=O) groups is 1. The van der Waals surface area contributed by atoms with Crippen LogP contribution in [0.4, 0.5) is 17.6 Å². The molecule has 1 atom stereocenters. The number of hydrogen-bond acceptors (Lipinski definition) is 1. The third-order valence-corrected chi connectivity index (χ3v) is 5.16. The summed E-state index contributed by atoms with van der Waals surface area (Å²) in [6, 6.07) is 9.75. The number of rotatable bonds is 4. The van der Waals surface area contributed by atoms with E-state index in [9.17, 15) is 22.4 Å². The quantitative estimate of drug-likeness (QED) is 0.413. The van der Waals surface area contributed by atoms with Gasteiger partial charge < -0.3 is 0 Å². The molecular weight excluding hydrogens is 368 g/mol. The lowest BCUT2D eigenvalue weighted by Gasteiger charge is -2.25. The molecule has 2 aromatic carbocycles. The van der Waals surface area contributed by atoms with Crippen molar-refractivity contribution in [3.05, 3.63) is 69.8 Å². The van der Waals surface area contributed by atoms with Crippen molar-refractivity contribution in [2.24, 2.45) is 0 Å². The highest BCUT2D eigenvalue weighted by atomic mass is 19.4. The molecular formula is C23H26F4O. The summed E-state index contributed by atoms with van der Waals surface area (Å²) in [6.45, 7) is 9.90. The van der Waals surface area contributed by atoms with Crippen molar-refractivity contribution in [1.29, 1.82) is 0 Å². The van der Waals surface area contributed by atoms with E-state index in [4.69, 9.17) is 0 Å². The highest BCUT2D eigenvalue weighted by molar-refractivity contribution is 5.98. The van der Waals surface area contributed by atoms with Gasteiger partial charge in [-0.25, -0.2) is 4.39 Å². The summed E-state index contributed by atoms with van der Waals surface area (Å²) in [5.74, 6) is -0.121. The Morgan fingerprint density at radius 1 is 0.857 bits per heavy atom. The van der Waals surface area contributed by atoms with E-state index >= 15 is 0 Å². The number of benzene rings is 2. The summed E-state index contributed by atoms with van der Waals surface area (Å²) in [5, 5.41) is 0. The highest BCUT2D eigenvalue weighted by Crippen LogP contribution is 2.43. The predicted molar refractivity (Wildman–Crippen MR) is 104 cm³/mol. The molecule has 0 aliphatic rings. The second-order valence-electron chi connectivity index (χ2n) is 8.52. The zero-order valence-corrected chi connectivity index (χ0v) is 17.1. The monoisotopic (exact) mass is 394 g/mol. The largest absolute Gasteiger partial charge is 0.426 e. The molecule has 1 unspecified atom stereocenters. The van der Waals surface area contributed by atoms with E-state index in [1.165, 1.54) is 12.1 Å². The van der Waals surface area contributed by atoms with Gasteiger partial charge in [0.1, 0.15) is 0 Å². The SMILES string of the molecule is Cc1cc(C(C)(F)C(F)(F)F)cc(C)c1CC(=O)c1cccc(C(C)(C)C)c1. The predicted octanol–water partition coefficient (Wildman–Crippen LogP) is 6.77. The van der Waals surface area contributed by atoms with Gasteiger partial charge in [-0.1, -0.05) is 51.1 Å². The average molecular weight is 394 g/mol. The third kappa shape index (κ3) is 4.45. The molecule has 0 radical (unpaired) electrons. The van der Waals surface area contributed by atoms with E-state index in [0.717, 1.165) is 5.56 Å². The number of alkyl halides is 4. The van der Waals surface area contributed by atoms with Gasteiger partial charge in [0.2, 0.25) is 5.67 Å². The number of aryl methyl sites for hydroxylation is 2. The fraction of sp³-hybridized carbons (Fsp3) is 0.435. The lowest BCUT2D eigenvalue weighted by molar-refractivity contribution is -0.228. The zero-order chi connectivity index (χ0) is 21.5. The second kappa shape index (κ2) is 7.34. The van der Waals surface area contributed by atoms with Crippen LogP contribution < -0.4 is 0 Å². The molecule has 5 heteroatoms. The minimum Gasteiger partial charge on any atom is -0.294 e. The lowest BCUT2D eigenvalue weighted by atomic mass is 9.85. The van der Waals surface area contributed by atoms with E-state index in [2.05, 4.69) is 20.8 Å². The first-order valence-electron chi connectivity index (χ1n) is 9.14. The van der Waals surface area contributed by atoms with Crippen molar-refractivity contribution < 1.29 is 22.4 Å². The van der Waals surface area contributed by atoms with Crippen molar-refractivity contribution in [2.45, 2.75) is 65.2 Å². The topological polar surface area (TPSA) is 17.1 Å². The summed E-state index contributed by atoms with van der Waals surface area (Å²) in [4.78, 5) is 12.8. The summed E-state index contributed by atoms with van der Waals surface area (Å²) < 4.78 is 53.4. The smallest absolute Gasteiger partial charge is 0.294 e. The van der Waals surface area contributed by atoms with E-state index in [-0.39, 0.29) is 17.6 Å². The van der Waals surface area contributed by atoms with Crippen molar-refractivity contribution in [3.63, 3.8) is 0 Å². The molecule has 0 heterocycles. The zero-order valence-electron chi connectivity index (χ0n) is 17.1. The molecule has 1 nitrogen and oxygen atoms in total. The lowest BCUT2D eigenvalue weighted by Crippen LogP contribution is -2.35. The van der Waals surface area contributed by atoms with Gasteiger partial charge in [0.25, 0.3) is 0 Å². The normalized spacial score (nSPS) is 14.6. The van der Waals surface area contributed by atoms with E-state index in [1.54, 1.807) is 19.9 Å². The number of halogens is 4. The van der Waals surface area contributed by atoms with Crippen LogP contribution in [0.25, 0.3) is 0 Å². The van der Waals surface area contributed by atoms with Crippen molar-refractivity contribution in [1.82, 2.24) is 0 Å². The molecule has 0 aliphatic carbocycles. The van der Waals surface area contributed by atoms with Gasteiger partial charge in [-0.15, -0.1) is 0 Å². The molecule has 0 amide bonds. The molecule has 0 bridgehead atoms. The Hall–Kier alpha value is -2.17. The van der Waals surface area contributed by atoms with Crippen LogP contribution in [0.3, 0.4) is 0 Å². The average Bonchev–Trinajstić information content (AvgIpc) is 2.56. The Labute approximate surface area is 163 Å². The first kappa shape index (κ1) is 22.1. The molecule has 0 N–H and O–H groups in total. The third-order valence-electron chi connectivity index (χ3n) is 5.16. The van der Waals surface area contributed by atoms with Gasteiger partial charge in [-0.2, -0.15) is 13.2 Å². The highest BCUT2D eigenvalue weighted by Gasteiger charge is 2.53. The molecule has 0 aromatic heterocycles. The van der Waals surface area contributed by atoms with Crippen molar-refractivity contribution >= 4 is 5.78 Å². The van der Waals surface area contributed by atoms with Gasteiger partial charge in [-0.05, 0) is 60.1 Å². The Kier molecular flexibility index (Phi) is 5.80. The number of carbonyl (C=O) groups excluding carboxylic acids is 1. The molecule has 2 rings (SSSR count). The van der Waals surface area contributed by atoms with Crippen LogP contribution in [0.2, 0.25) is 0 Å². The number of ketones is 1. The van der Waals surface area contributed by atoms with Crippen LogP contribution in [0, 0.1) is 13.8 Å². The first-order valence-corrected chi connectivity index (χ1v) is 9.14. The van der Waals surface area contributed by atoms with Crippen molar-refractivity contribution in [2.75, 3.05) is 0 Å². The molecule has 2 aromatic rings. The van der Waals surface area contributed by atoms with Gasteiger partial charge in [0.15, 0.2) is 5.78 Å². The fourth-order valence-corrected chi connectivity index (χ4v) is 3.13. The van der Waals surface area contributed by atoms with Crippen LogP contribution in [0.1, 0.15) is 65.9 Å². The number of hydrogen-bond donors (Lipinski definition) is 0. The number of Topliss-reactive ketones (excluding diaryl/α,β-unsaturated/α-hetero) is 1. The van der Waals surface area contributed by atoms with Crippen LogP contribution in [0.15, 0.2) is 36.4 Å². The maximum atomic E-state index is 14.3. The van der Waals surface area contributed by atoms with Crippen LogP contribution in [-0.2, 0) is 17.5 Å². The standard InChI is InChI=1S/C23H26F4O/c1-14-10-18(22(6,24)23(25,26)27)11-15(2)19(14)13-20(28)16-8-7-9-17(12-16)21(3,4)5/h7-12H,13H2,1-6H3. The maximum Gasteiger partial charge on any atom is 0.426 e. The molecule has 0 spiro atoms. The first-order chi connectivity index (χ1) is 12.6. The van der Waals surface area contributed by atoms with Crippen LogP contribution in [0.5, 0.6) is 0 Å². The Balaban J connectivity index is 2.37. The summed E-state index contributed by atoms with van der Waals surface area (Å²) in [7, 11) is 0. The minimum atomic E-state index is -5.00. The van der Waals surface area contributed by atoms with Crippen LogP contribution in [-0.4, -0.2) is 12.0 Å². The Bertz CT molecular complexity index is 863. The molecule has 0 saturated carbocycles. The molecule has 28 heavy (non-hydrogen) atoms. The van der Waals surface area contributed by atoms with E-state index in [1.807, 2.05) is 18.2 Å². The van der Waals surface area contributed by atoms with Gasteiger partial charge >= 0.3 is 6.18 Å². The summed E-state index contributed by atoms with van der Waals surface area (Å²) in [5.41, 5.74) is -0.818. The van der Waals surface area contributed by atoms with E-state index < -0.39 is 17.4 Å². The van der Waals surface area contributed by atoms with Gasteiger partial charge in [0.05, 0.1) is 0 Å². The molecule has 0 fully saturated rings.